The van der Waals surface area contributed by atoms with Crippen molar-refractivity contribution in [3.05, 3.63) is 12.2 Å². The molecule has 0 fully saturated rings. The first-order valence-electron chi connectivity index (χ1n) is 6.00. The minimum Gasteiger partial charge on any atom is -0.480 e. The molecule has 8 nitrogen and oxygen atoms in total. The molecule has 1 rings (SSSR count). The van der Waals surface area contributed by atoms with Crippen molar-refractivity contribution in [1.82, 2.24) is 25.4 Å². The second-order valence-corrected chi connectivity index (χ2v) is 4.65. The van der Waals surface area contributed by atoms with E-state index in [9.17, 15) is 9.59 Å². The standard InChI is InChI=1S/C11H19N5O3/c1-7(2)4-8(10(17)18)15-11(19)12-5-9-13-6-14-16(9)3/h6-8H,4-5H2,1-3H3,(H,17,18)(H2,12,15,19). The average Bonchev–Trinajstić information content (AvgIpc) is 2.70. The van der Waals surface area contributed by atoms with E-state index in [1.54, 1.807) is 7.05 Å². The Morgan fingerprint density at radius 3 is 2.63 bits per heavy atom. The molecule has 0 aromatic carbocycles. The number of nitrogens with one attached hydrogen (secondary N) is 2. The minimum absolute atomic E-state index is 0.181. The van der Waals surface area contributed by atoms with Crippen LogP contribution in [0.15, 0.2) is 6.33 Å². The Bertz CT molecular complexity index is 443. The van der Waals surface area contributed by atoms with Crippen LogP contribution in [0.1, 0.15) is 26.1 Å². The van der Waals surface area contributed by atoms with Gasteiger partial charge in [0.15, 0.2) is 0 Å². The Morgan fingerprint density at radius 2 is 2.16 bits per heavy atom. The van der Waals surface area contributed by atoms with Gasteiger partial charge < -0.3 is 15.7 Å². The summed E-state index contributed by atoms with van der Waals surface area (Å²) in [7, 11) is 1.71. The van der Waals surface area contributed by atoms with Gasteiger partial charge >= 0.3 is 12.0 Å². The SMILES string of the molecule is CC(C)CC(NC(=O)NCc1ncnn1C)C(=O)O. The Morgan fingerprint density at radius 1 is 1.47 bits per heavy atom. The second-order valence-electron chi connectivity index (χ2n) is 4.65. The number of carboxylic acid groups (broad SMARTS) is 1. The van der Waals surface area contributed by atoms with E-state index in [1.165, 1.54) is 11.0 Å². The summed E-state index contributed by atoms with van der Waals surface area (Å²) in [6.07, 6.45) is 1.76. The number of hydrogen-bond donors (Lipinski definition) is 3. The van der Waals surface area contributed by atoms with Crippen molar-refractivity contribution in [3.8, 4) is 0 Å². The molecule has 0 saturated heterocycles. The highest BCUT2D eigenvalue weighted by atomic mass is 16.4. The smallest absolute Gasteiger partial charge is 0.326 e. The molecule has 0 aliphatic carbocycles. The van der Waals surface area contributed by atoms with E-state index in [-0.39, 0.29) is 12.5 Å². The van der Waals surface area contributed by atoms with Gasteiger partial charge in [-0.2, -0.15) is 5.10 Å². The topological polar surface area (TPSA) is 109 Å². The Hall–Kier alpha value is -2.12. The zero-order valence-electron chi connectivity index (χ0n) is 11.3. The molecule has 3 N–H and O–H groups in total. The summed E-state index contributed by atoms with van der Waals surface area (Å²) < 4.78 is 1.53. The normalized spacial score (nSPS) is 12.2. The lowest BCUT2D eigenvalue weighted by Gasteiger charge is -2.16. The second kappa shape index (κ2) is 6.72. The van der Waals surface area contributed by atoms with Crippen molar-refractivity contribution in [2.45, 2.75) is 32.9 Å². The summed E-state index contributed by atoms with van der Waals surface area (Å²) in [5.41, 5.74) is 0. The van der Waals surface area contributed by atoms with Crippen LogP contribution < -0.4 is 10.6 Å². The maximum atomic E-state index is 11.6. The largest absolute Gasteiger partial charge is 0.480 e. The lowest BCUT2D eigenvalue weighted by atomic mass is 10.0. The highest BCUT2D eigenvalue weighted by Crippen LogP contribution is 2.04. The fourth-order valence-electron chi connectivity index (χ4n) is 1.54. The van der Waals surface area contributed by atoms with E-state index in [0.29, 0.717) is 12.2 Å². The van der Waals surface area contributed by atoms with Crippen LogP contribution in [0.5, 0.6) is 0 Å². The van der Waals surface area contributed by atoms with Gasteiger partial charge in [-0.25, -0.2) is 14.6 Å². The number of carbonyl (C=O) groups excluding carboxylic acids is 1. The van der Waals surface area contributed by atoms with Crippen LogP contribution in [-0.4, -0.2) is 37.9 Å². The van der Waals surface area contributed by atoms with Gasteiger partial charge in [0, 0.05) is 7.05 Å². The zero-order chi connectivity index (χ0) is 14.4. The summed E-state index contributed by atoms with van der Waals surface area (Å²) in [5, 5.41) is 17.8. The minimum atomic E-state index is -1.04. The third-order valence-electron chi connectivity index (χ3n) is 2.52. The summed E-state index contributed by atoms with van der Waals surface area (Å²) in [4.78, 5) is 26.5. The molecule has 8 heteroatoms. The summed E-state index contributed by atoms with van der Waals surface area (Å²) in [6.45, 7) is 3.99. The first-order valence-corrected chi connectivity index (χ1v) is 6.00. The van der Waals surface area contributed by atoms with Crippen molar-refractivity contribution >= 4 is 12.0 Å². The Labute approximate surface area is 111 Å². The van der Waals surface area contributed by atoms with Gasteiger partial charge in [-0.1, -0.05) is 13.8 Å². The predicted octanol–water partition coefficient (Wildman–Crippen LogP) is 0.114. The molecule has 0 bridgehead atoms. The van der Waals surface area contributed by atoms with E-state index in [0.717, 1.165) is 0 Å². The molecule has 0 radical (unpaired) electrons. The zero-order valence-corrected chi connectivity index (χ0v) is 11.3. The van der Waals surface area contributed by atoms with Crippen LogP contribution in [0.3, 0.4) is 0 Å². The van der Waals surface area contributed by atoms with E-state index in [2.05, 4.69) is 20.7 Å². The van der Waals surface area contributed by atoms with Crippen molar-refractivity contribution < 1.29 is 14.7 Å². The van der Waals surface area contributed by atoms with Gasteiger partial charge in [-0.3, -0.25) is 4.68 Å². The molecule has 2 amide bonds. The van der Waals surface area contributed by atoms with Crippen LogP contribution in [-0.2, 0) is 18.4 Å². The molecule has 0 aliphatic heterocycles. The van der Waals surface area contributed by atoms with E-state index < -0.39 is 18.0 Å². The summed E-state index contributed by atoms with van der Waals surface area (Å²) >= 11 is 0. The van der Waals surface area contributed by atoms with Crippen LogP contribution in [0.2, 0.25) is 0 Å². The van der Waals surface area contributed by atoms with Crippen molar-refractivity contribution in [2.75, 3.05) is 0 Å². The maximum Gasteiger partial charge on any atom is 0.326 e. The molecular weight excluding hydrogens is 250 g/mol. The first kappa shape index (κ1) is 14.9. The number of nitrogens with zero attached hydrogens (tertiary/aromatic N) is 3. The third-order valence-corrected chi connectivity index (χ3v) is 2.52. The summed E-state index contributed by atoms with van der Waals surface area (Å²) in [6, 6.07) is -1.42. The molecule has 0 spiro atoms. The van der Waals surface area contributed by atoms with E-state index in [1.807, 2.05) is 13.8 Å². The van der Waals surface area contributed by atoms with E-state index in [4.69, 9.17) is 5.11 Å². The Balaban J connectivity index is 2.45. The molecule has 1 heterocycles. The van der Waals surface area contributed by atoms with Crippen LogP contribution in [0, 0.1) is 5.92 Å². The van der Waals surface area contributed by atoms with Gasteiger partial charge in [0.05, 0.1) is 6.54 Å². The number of aryl methyl sites for hydroxylation is 1. The number of carbonyl (C=O) groups is 2. The van der Waals surface area contributed by atoms with Gasteiger partial charge in [0.1, 0.15) is 18.2 Å². The maximum absolute atomic E-state index is 11.6. The number of amides is 2. The highest BCUT2D eigenvalue weighted by Gasteiger charge is 2.20. The van der Waals surface area contributed by atoms with Crippen LogP contribution >= 0.6 is 0 Å². The van der Waals surface area contributed by atoms with Gasteiger partial charge in [0.2, 0.25) is 0 Å². The van der Waals surface area contributed by atoms with E-state index >= 15 is 0 Å². The molecule has 106 valence electrons. The quantitative estimate of drug-likeness (QED) is 0.679. The fraction of sp³-hybridized carbons (Fsp3) is 0.636. The van der Waals surface area contributed by atoms with Crippen molar-refractivity contribution in [3.63, 3.8) is 0 Å². The molecule has 1 atom stereocenters. The number of aromatic nitrogens is 3. The third kappa shape index (κ3) is 4.94. The molecule has 1 unspecified atom stereocenters. The summed E-state index contributed by atoms with van der Waals surface area (Å²) in [5.74, 6) is -0.270. The fourth-order valence-corrected chi connectivity index (χ4v) is 1.54. The number of aliphatic carboxylic acids is 1. The molecule has 0 aliphatic rings. The van der Waals surface area contributed by atoms with Crippen molar-refractivity contribution in [1.29, 1.82) is 0 Å². The Kier molecular flexibility index (Phi) is 5.28. The lowest BCUT2D eigenvalue weighted by molar-refractivity contribution is -0.139. The molecular formula is C11H19N5O3. The van der Waals surface area contributed by atoms with Gasteiger partial charge in [-0.15, -0.1) is 0 Å². The molecule has 0 saturated carbocycles. The van der Waals surface area contributed by atoms with Crippen molar-refractivity contribution in [2.24, 2.45) is 13.0 Å². The van der Waals surface area contributed by atoms with Gasteiger partial charge in [-0.05, 0) is 12.3 Å². The number of rotatable bonds is 6. The van der Waals surface area contributed by atoms with Crippen LogP contribution in [0.4, 0.5) is 4.79 Å². The monoisotopic (exact) mass is 269 g/mol. The lowest BCUT2D eigenvalue weighted by Crippen LogP contribution is -2.46. The average molecular weight is 269 g/mol. The molecule has 19 heavy (non-hydrogen) atoms. The molecule has 1 aromatic rings. The highest BCUT2D eigenvalue weighted by molar-refractivity contribution is 5.82. The molecule has 1 aromatic heterocycles. The van der Waals surface area contributed by atoms with Crippen LogP contribution in [0.25, 0.3) is 0 Å². The number of carboxylic acids is 1. The predicted molar refractivity (Wildman–Crippen MR) is 67.3 cm³/mol. The number of urea groups is 1. The first-order chi connectivity index (χ1) is 8.90. The number of hydrogen-bond acceptors (Lipinski definition) is 4. The van der Waals surface area contributed by atoms with Gasteiger partial charge in [0.25, 0.3) is 0 Å².